The van der Waals surface area contributed by atoms with Crippen molar-refractivity contribution in [2.45, 2.75) is 26.3 Å². The number of hydrogen-bond acceptors (Lipinski definition) is 5. The van der Waals surface area contributed by atoms with Crippen molar-refractivity contribution in [3.63, 3.8) is 0 Å². The van der Waals surface area contributed by atoms with Gasteiger partial charge in [-0.25, -0.2) is 4.98 Å². The summed E-state index contributed by atoms with van der Waals surface area (Å²) in [7, 11) is 0. The lowest BCUT2D eigenvalue weighted by molar-refractivity contribution is -0.132. The fourth-order valence-electron chi connectivity index (χ4n) is 2.89. The molecule has 1 aromatic carbocycles. The average Bonchev–Trinajstić information content (AvgIpc) is 3.05. The Kier molecular flexibility index (Phi) is 5.48. The summed E-state index contributed by atoms with van der Waals surface area (Å²) in [6, 6.07) is 7.55. The first-order chi connectivity index (χ1) is 11.6. The molecule has 0 aliphatic carbocycles. The van der Waals surface area contributed by atoms with Gasteiger partial charge in [0.15, 0.2) is 0 Å². The molecule has 0 unspecified atom stereocenters. The third-order valence-corrected chi connectivity index (χ3v) is 5.39. The van der Waals surface area contributed by atoms with Gasteiger partial charge in [-0.15, -0.1) is 11.3 Å². The van der Waals surface area contributed by atoms with Gasteiger partial charge in [-0.05, 0) is 24.1 Å². The van der Waals surface area contributed by atoms with Crippen molar-refractivity contribution >= 4 is 22.9 Å². The zero-order chi connectivity index (χ0) is 16.9. The van der Waals surface area contributed by atoms with E-state index in [9.17, 15) is 4.79 Å². The minimum atomic E-state index is 0.196. The molecule has 1 aliphatic heterocycles. The average molecular weight is 344 g/mol. The lowest BCUT2D eigenvalue weighted by Gasteiger charge is -2.34. The summed E-state index contributed by atoms with van der Waals surface area (Å²) in [6.07, 6.45) is 1.45. The van der Waals surface area contributed by atoms with Crippen LogP contribution in [0.5, 0.6) is 0 Å². The van der Waals surface area contributed by atoms with Gasteiger partial charge in [-0.1, -0.05) is 19.1 Å². The van der Waals surface area contributed by atoms with Crippen LogP contribution >= 0.6 is 11.3 Å². The van der Waals surface area contributed by atoms with Gasteiger partial charge in [0.05, 0.1) is 17.1 Å². The zero-order valence-corrected chi connectivity index (χ0v) is 14.9. The minimum absolute atomic E-state index is 0.196. The van der Waals surface area contributed by atoms with E-state index in [4.69, 9.17) is 5.73 Å². The Bertz CT molecular complexity index is 675. The second kappa shape index (κ2) is 7.77. The third kappa shape index (κ3) is 4.33. The van der Waals surface area contributed by atoms with Crippen LogP contribution in [0.4, 0.5) is 5.69 Å². The number of benzene rings is 1. The largest absolute Gasteiger partial charge is 0.399 e. The van der Waals surface area contributed by atoms with Crippen LogP contribution in [0.2, 0.25) is 0 Å². The molecule has 2 aromatic rings. The van der Waals surface area contributed by atoms with Gasteiger partial charge in [-0.2, -0.15) is 0 Å². The number of nitrogen functional groups attached to an aromatic ring is 1. The van der Waals surface area contributed by atoms with E-state index in [0.29, 0.717) is 6.42 Å². The topological polar surface area (TPSA) is 62.5 Å². The number of anilines is 1. The van der Waals surface area contributed by atoms with Crippen molar-refractivity contribution < 1.29 is 4.79 Å². The Morgan fingerprint density at radius 1 is 1.21 bits per heavy atom. The number of hydrogen-bond donors (Lipinski definition) is 1. The summed E-state index contributed by atoms with van der Waals surface area (Å²) in [4.78, 5) is 21.4. The van der Waals surface area contributed by atoms with Crippen LogP contribution in [0.25, 0.3) is 0 Å². The summed E-state index contributed by atoms with van der Waals surface area (Å²) in [5.74, 6) is 0.196. The molecule has 24 heavy (non-hydrogen) atoms. The minimum Gasteiger partial charge on any atom is -0.399 e. The molecule has 1 saturated heterocycles. The number of carbonyl (C=O) groups excluding carboxylic acids is 1. The monoisotopic (exact) mass is 344 g/mol. The zero-order valence-electron chi connectivity index (χ0n) is 14.1. The standard InChI is InChI=1S/C18H24N4OS/c1-2-17-20-16(13-24-17)12-21-7-9-22(10-8-21)18(23)11-14-3-5-15(19)6-4-14/h3-6,13H,2,7-12,19H2,1H3. The summed E-state index contributed by atoms with van der Waals surface area (Å²) in [6.45, 7) is 6.42. The molecular formula is C18H24N4OS. The molecule has 0 spiro atoms. The number of nitrogens with two attached hydrogens (primary N) is 1. The SMILES string of the molecule is CCc1nc(CN2CCN(C(=O)Cc3ccc(N)cc3)CC2)cs1. The summed E-state index contributed by atoms with van der Waals surface area (Å²) in [5, 5.41) is 3.35. The van der Waals surface area contributed by atoms with Crippen LogP contribution in [-0.4, -0.2) is 46.9 Å². The maximum absolute atomic E-state index is 12.4. The molecule has 128 valence electrons. The quantitative estimate of drug-likeness (QED) is 0.845. The van der Waals surface area contributed by atoms with Gasteiger partial charge in [0.1, 0.15) is 0 Å². The Balaban J connectivity index is 1.47. The Morgan fingerprint density at radius 2 is 1.92 bits per heavy atom. The molecule has 0 bridgehead atoms. The van der Waals surface area contributed by atoms with E-state index in [2.05, 4.69) is 22.2 Å². The smallest absolute Gasteiger partial charge is 0.227 e. The van der Waals surface area contributed by atoms with Crippen LogP contribution in [0.1, 0.15) is 23.2 Å². The van der Waals surface area contributed by atoms with E-state index in [0.717, 1.165) is 56.1 Å². The fourth-order valence-corrected chi connectivity index (χ4v) is 3.63. The highest BCUT2D eigenvalue weighted by Crippen LogP contribution is 2.14. The van der Waals surface area contributed by atoms with E-state index in [1.807, 2.05) is 29.2 Å². The number of amides is 1. The highest BCUT2D eigenvalue weighted by atomic mass is 32.1. The van der Waals surface area contributed by atoms with Gasteiger partial charge in [0.25, 0.3) is 0 Å². The number of nitrogens with zero attached hydrogens (tertiary/aromatic N) is 3. The maximum Gasteiger partial charge on any atom is 0.227 e. The highest BCUT2D eigenvalue weighted by Gasteiger charge is 2.21. The second-order valence-electron chi connectivity index (χ2n) is 6.16. The summed E-state index contributed by atoms with van der Waals surface area (Å²) < 4.78 is 0. The van der Waals surface area contributed by atoms with E-state index in [-0.39, 0.29) is 5.91 Å². The molecule has 2 N–H and O–H groups in total. The van der Waals surface area contributed by atoms with Crippen molar-refractivity contribution in [1.82, 2.24) is 14.8 Å². The van der Waals surface area contributed by atoms with Crippen molar-refractivity contribution in [3.8, 4) is 0 Å². The van der Waals surface area contributed by atoms with Crippen LogP contribution in [0, 0.1) is 0 Å². The Labute approximate surface area is 147 Å². The number of rotatable bonds is 5. The van der Waals surface area contributed by atoms with Crippen molar-refractivity contribution in [2.75, 3.05) is 31.9 Å². The molecule has 3 rings (SSSR count). The number of piperazine rings is 1. The molecule has 1 aromatic heterocycles. The Morgan fingerprint density at radius 3 is 2.54 bits per heavy atom. The van der Waals surface area contributed by atoms with Gasteiger partial charge in [-0.3, -0.25) is 9.69 Å². The molecule has 1 aliphatic rings. The molecule has 0 radical (unpaired) electrons. The number of aromatic nitrogens is 1. The molecular weight excluding hydrogens is 320 g/mol. The van der Waals surface area contributed by atoms with Crippen LogP contribution in [-0.2, 0) is 24.2 Å². The first-order valence-corrected chi connectivity index (χ1v) is 9.30. The first kappa shape index (κ1) is 16.9. The maximum atomic E-state index is 12.4. The molecule has 5 nitrogen and oxygen atoms in total. The predicted octanol–water partition coefficient (Wildman–Crippen LogP) is 2.17. The van der Waals surface area contributed by atoms with Crippen LogP contribution in [0.15, 0.2) is 29.6 Å². The predicted molar refractivity (Wildman–Crippen MR) is 97.9 cm³/mol. The van der Waals surface area contributed by atoms with Gasteiger partial charge in [0, 0.05) is 43.8 Å². The van der Waals surface area contributed by atoms with E-state index in [1.54, 1.807) is 11.3 Å². The van der Waals surface area contributed by atoms with Crippen molar-refractivity contribution in [3.05, 3.63) is 45.9 Å². The molecule has 6 heteroatoms. The number of aryl methyl sites for hydroxylation is 1. The van der Waals surface area contributed by atoms with E-state index in [1.165, 1.54) is 5.01 Å². The lowest BCUT2D eigenvalue weighted by atomic mass is 10.1. The fraction of sp³-hybridized carbons (Fsp3) is 0.444. The van der Waals surface area contributed by atoms with E-state index >= 15 is 0 Å². The van der Waals surface area contributed by atoms with Gasteiger partial charge in [0.2, 0.25) is 5.91 Å². The first-order valence-electron chi connectivity index (χ1n) is 8.42. The van der Waals surface area contributed by atoms with E-state index < -0.39 is 0 Å². The molecule has 1 fully saturated rings. The van der Waals surface area contributed by atoms with Crippen LogP contribution in [0.3, 0.4) is 0 Å². The summed E-state index contributed by atoms with van der Waals surface area (Å²) >= 11 is 1.73. The molecule has 1 amide bonds. The van der Waals surface area contributed by atoms with Crippen molar-refractivity contribution in [2.24, 2.45) is 0 Å². The third-order valence-electron chi connectivity index (χ3n) is 4.35. The molecule has 2 heterocycles. The normalized spacial score (nSPS) is 15.6. The number of carbonyl (C=O) groups is 1. The van der Waals surface area contributed by atoms with Crippen molar-refractivity contribution in [1.29, 1.82) is 0 Å². The Hall–Kier alpha value is -1.92. The van der Waals surface area contributed by atoms with Crippen LogP contribution < -0.4 is 5.73 Å². The highest BCUT2D eigenvalue weighted by molar-refractivity contribution is 7.09. The lowest BCUT2D eigenvalue weighted by Crippen LogP contribution is -2.48. The molecule has 0 atom stereocenters. The second-order valence-corrected chi connectivity index (χ2v) is 7.10. The van der Waals surface area contributed by atoms with Gasteiger partial charge < -0.3 is 10.6 Å². The molecule has 0 saturated carbocycles. The summed E-state index contributed by atoms with van der Waals surface area (Å²) in [5.41, 5.74) is 8.58. The van der Waals surface area contributed by atoms with Gasteiger partial charge >= 0.3 is 0 Å². The number of thiazole rings is 1.